The Morgan fingerprint density at radius 1 is 1.19 bits per heavy atom. The lowest BCUT2D eigenvalue weighted by Gasteiger charge is -2.37. The van der Waals surface area contributed by atoms with Crippen molar-refractivity contribution >= 4 is 17.3 Å². The van der Waals surface area contributed by atoms with Crippen molar-refractivity contribution in [3.8, 4) is 5.75 Å². The summed E-state index contributed by atoms with van der Waals surface area (Å²) in [4.78, 5) is 16.8. The van der Waals surface area contributed by atoms with Crippen molar-refractivity contribution < 1.29 is 9.53 Å². The standard InChI is InChI=1S/C22H29N3O2/c1-5-25-14-18(27-20-12-7-6-11-19(20)25)13-24(4)15-21(26)23-22-16(2)9-8-10-17(22)3/h6-12,18H,5,13-15H2,1-4H3,(H,23,26). The molecule has 1 aliphatic heterocycles. The fraction of sp³-hybridized carbons (Fsp3) is 0.409. The summed E-state index contributed by atoms with van der Waals surface area (Å²) in [7, 11) is 1.96. The van der Waals surface area contributed by atoms with E-state index in [0.29, 0.717) is 13.1 Å². The minimum atomic E-state index is -0.00143. The molecule has 0 radical (unpaired) electrons. The van der Waals surface area contributed by atoms with E-state index in [1.54, 1.807) is 0 Å². The number of hydrogen-bond acceptors (Lipinski definition) is 4. The van der Waals surface area contributed by atoms with Crippen LogP contribution in [0.2, 0.25) is 0 Å². The molecule has 27 heavy (non-hydrogen) atoms. The van der Waals surface area contributed by atoms with Crippen LogP contribution in [0.4, 0.5) is 11.4 Å². The number of anilines is 2. The van der Waals surface area contributed by atoms with Crippen LogP contribution in [0.15, 0.2) is 42.5 Å². The first-order valence-electron chi connectivity index (χ1n) is 9.53. The lowest BCUT2D eigenvalue weighted by Crippen LogP contribution is -2.46. The Bertz CT molecular complexity index is 786. The highest BCUT2D eigenvalue weighted by Crippen LogP contribution is 2.32. The SMILES string of the molecule is CCN1CC(CN(C)CC(=O)Nc2c(C)cccc2C)Oc2ccccc21. The van der Waals surface area contributed by atoms with Crippen LogP contribution in [0.5, 0.6) is 5.75 Å². The topological polar surface area (TPSA) is 44.8 Å². The zero-order valence-electron chi connectivity index (χ0n) is 16.7. The molecule has 5 nitrogen and oxygen atoms in total. The maximum Gasteiger partial charge on any atom is 0.238 e. The Balaban J connectivity index is 1.58. The average Bonchev–Trinajstić information content (AvgIpc) is 2.64. The number of hydrogen-bond donors (Lipinski definition) is 1. The van der Waals surface area contributed by atoms with Crippen LogP contribution in [0.1, 0.15) is 18.1 Å². The van der Waals surface area contributed by atoms with E-state index in [2.05, 4.69) is 23.2 Å². The summed E-state index contributed by atoms with van der Waals surface area (Å²) in [6.45, 7) is 8.98. The molecular formula is C22H29N3O2. The maximum atomic E-state index is 12.5. The zero-order chi connectivity index (χ0) is 19.4. The largest absolute Gasteiger partial charge is 0.485 e. The zero-order valence-corrected chi connectivity index (χ0v) is 16.7. The van der Waals surface area contributed by atoms with Crippen LogP contribution >= 0.6 is 0 Å². The molecule has 0 fully saturated rings. The molecule has 1 aliphatic rings. The van der Waals surface area contributed by atoms with Gasteiger partial charge in [0.15, 0.2) is 0 Å². The molecule has 0 bridgehead atoms. The smallest absolute Gasteiger partial charge is 0.238 e. The molecule has 144 valence electrons. The van der Waals surface area contributed by atoms with Crippen LogP contribution in [0.3, 0.4) is 0 Å². The number of aryl methyl sites for hydroxylation is 2. The lowest BCUT2D eigenvalue weighted by atomic mass is 10.1. The van der Waals surface area contributed by atoms with Crippen LogP contribution in [0, 0.1) is 13.8 Å². The van der Waals surface area contributed by atoms with Crippen LogP contribution in [-0.4, -0.2) is 50.1 Å². The molecule has 2 aromatic carbocycles. The number of fused-ring (bicyclic) bond motifs is 1. The molecule has 0 saturated heterocycles. The van der Waals surface area contributed by atoms with Crippen molar-refractivity contribution in [2.45, 2.75) is 26.9 Å². The molecule has 0 aliphatic carbocycles. The molecule has 0 aromatic heterocycles. The Morgan fingerprint density at radius 3 is 2.59 bits per heavy atom. The van der Waals surface area contributed by atoms with E-state index >= 15 is 0 Å². The van der Waals surface area contributed by atoms with E-state index in [1.807, 2.05) is 62.2 Å². The van der Waals surface area contributed by atoms with Gasteiger partial charge in [-0.1, -0.05) is 30.3 Å². The van der Waals surface area contributed by atoms with Crippen molar-refractivity contribution in [1.82, 2.24) is 4.90 Å². The van der Waals surface area contributed by atoms with E-state index < -0.39 is 0 Å². The lowest BCUT2D eigenvalue weighted by molar-refractivity contribution is -0.117. The van der Waals surface area contributed by atoms with Gasteiger partial charge in [0.25, 0.3) is 0 Å². The van der Waals surface area contributed by atoms with Gasteiger partial charge in [-0.05, 0) is 51.1 Å². The predicted molar refractivity (Wildman–Crippen MR) is 111 cm³/mol. The van der Waals surface area contributed by atoms with E-state index in [9.17, 15) is 4.79 Å². The number of nitrogens with zero attached hydrogens (tertiary/aromatic N) is 2. The first kappa shape index (κ1) is 19.2. The van der Waals surface area contributed by atoms with Gasteiger partial charge in [0.05, 0.1) is 18.8 Å². The summed E-state index contributed by atoms with van der Waals surface area (Å²) < 4.78 is 6.16. The Labute approximate surface area is 161 Å². The van der Waals surface area contributed by atoms with E-state index in [-0.39, 0.29) is 12.0 Å². The number of carbonyl (C=O) groups excluding carboxylic acids is 1. The van der Waals surface area contributed by atoms with Gasteiger partial charge in [-0.2, -0.15) is 0 Å². The first-order chi connectivity index (χ1) is 13.0. The third-order valence-corrected chi connectivity index (χ3v) is 4.98. The van der Waals surface area contributed by atoms with Crippen LogP contribution < -0.4 is 15.0 Å². The van der Waals surface area contributed by atoms with Gasteiger partial charge in [-0.25, -0.2) is 0 Å². The van der Waals surface area contributed by atoms with Crippen molar-refractivity contribution in [1.29, 1.82) is 0 Å². The molecule has 0 saturated carbocycles. The van der Waals surface area contributed by atoms with Crippen LogP contribution in [0.25, 0.3) is 0 Å². The van der Waals surface area contributed by atoms with Crippen LogP contribution in [-0.2, 0) is 4.79 Å². The minimum Gasteiger partial charge on any atom is -0.485 e. The quantitative estimate of drug-likeness (QED) is 0.849. The van der Waals surface area contributed by atoms with Crippen molar-refractivity contribution in [2.75, 3.05) is 43.4 Å². The molecule has 3 rings (SSSR count). The van der Waals surface area contributed by atoms with Gasteiger partial charge in [-0.15, -0.1) is 0 Å². The normalized spacial score (nSPS) is 16.0. The van der Waals surface area contributed by atoms with Gasteiger partial charge < -0.3 is 15.0 Å². The molecule has 1 amide bonds. The van der Waals surface area contributed by atoms with Gasteiger partial charge in [0.2, 0.25) is 5.91 Å². The number of amides is 1. The number of rotatable bonds is 6. The number of likely N-dealkylation sites (N-methyl/N-ethyl adjacent to an activating group) is 2. The second kappa shape index (κ2) is 8.44. The summed E-state index contributed by atoms with van der Waals surface area (Å²) in [6.07, 6.45) is 0.0397. The first-order valence-corrected chi connectivity index (χ1v) is 9.53. The fourth-order valence-electron chi connectivity index (χ4n) is 3.62. The monoisotopic (exact) mass is 367 g/mol. The van der Waals surface area contributed by atoms with E-state index in [4.69, 9.17) is 4.74 Å². The molecule has 1 heterocycles. The predicted octanol–water partition coefficient (Wildman–Crippen LogP) is 3.46. The van der Waals surface area contributed by atoms with Crippen molar-refractivity contribution in [3.63, 3.8) is 0 Å². The number of benzene rings is 2. The van der Waals surface area contributed by atoms with E-state index in [1.165, 1.54) is 0 Å². The second-order valence-corrected chi connectivity index (χ2v) is 7.26. The third kappa shape index (κ3) is 4.61. The van der Waals surface area contributed by atoms with Crippen molar-refractivity contribution in [3.05, 3.63) is 53.6 Å². The van der Waals surface area contributed by atoms with Gasteiger partial charge in [-0.3, -0.25) is 9.69 Å². The minimum absolute atomic E-state index is 0.00143. The molecule has 2 aromatic rings. The summed E-state index contributed by atoms with van der Waals surface area (Å²) in [5.41, 5.74) is 4.22. The number of carbonyl (C=O) groups is 1. The molecule has 1 N–H and O–H groups in total. The Kier molecular flexibility index (Phi) is 6.01. The summed E-state index contributed by atoms with van der Waals surface area (Å²) >= 11 is 0. The van der Waals surface area contributed by atoms with Gasteiger partial charge >= 0.3 is 0 Å². The number of nitrogens with one attached hydrogen (secondary N) is 1. The van der Waals surface area contributed by atoms with Crippen molar-refractivity contribution in [2.24, 2.45) is 0 Å². The average molecular weight is 367 g/mol. The Hall–Kier alpha value is -2.53. The maximum absolute atomic E-state index is 12.5. The third-order valence-electron chi connectivity index (χ3n) is 4.98. The molecule has 1 unspecified atom stereocenters. The molecule has 5 heteroatoms. The highest BCUT2D eigenvalue weighted by molar-refractivity contribution is 5.93. The number of para-hydroxylation sites is 3. The summed E-state index contributed by atoms with van der Waals surface area (Å²) in [5.74, 6) is 0.919. The fourth-order valence-corrected chi connectivity index (χ4v) is 3.62. The highest BCUT2D eigenvalue weighted by Gasteiger charge is 2.25. The van der Waals surface area contributed by atoms with E-state index in [0.717, 1.165) is 41.3 Å². The molecular weight excluding hydrogens is 338 g/mol. The summed E-state index contributed by atoms with van der Waals surface area (Å²) in [6, 6.07) is 14.2. The van der Waals surface area contributed by atoms with Gasteiger partial charge in [0.1, 0.15) is 11.9 Å². The Morgan fingerprint density at radius 2 is 1.89 bits per heavy atom. The second-order valence-electron chi connectivity index (χ2n) is 7.26. The number of ether oxygens (including phenoxy) is 1. The highest BCUT2D eigenvalue weighted by atomic mass is 16.5. The molecule has 0 spiro atoms. The van der Waals surface area contributed by atoms with Gasteiger partial charge in [0, 0.05) is 18.8 Å². The molecule has 1 atom stereocenters. The summed E-state index contributed by atoms with van der Waals surface area (Å²) in [5, 5.41) is 3.05.